The van der Waals surface area contributed by atoms with Crippen LogP contribution in [0.5, 0.6) is 0 Å². The van der Waals surface area contributed by atoms with Crippen LogP contribution in [0.1, 0.15) is 27.2 Å². The Hall–Kier alpha value is -0.320. The molecule has 1 amide bonds. The molecule has 0 saturated carbocycles. The van der Waals surface area contributed by atoms with Gasteiger partial charge in [-0.25, -0.2) is 0 Å². The fourth-order valence-electron chi connectivity index (χ4n) is 1.03. The first-order chi connectivity index (χ1) is 6.52. The maximum absolute atomic E-state index is 11.6. The Labute approximate surface area is 98.3 Å². The van der Waals surface area contributed by atoms with Crippen LogP contribution in [0.15, 0.2) is 0 Å². The van der Waals surface area contributed by atoms with E-state index in [4.69, 9.17) is 10.5 Å². The molecule has 4 nitrogen and oxygen atoms in total. The molecule has 0 aliphatic rings. The van der Waals surface area contributed by atoms with Crippen LogP contribution in [0.3, 0.4) is 0 Å². The molecule has 0 fully saturated rings. The summed E-state index contributed by atoms with van der Waals surface area (Å²) in [5.74, 6) is -0.148. The first kappa shape index (κ1) is 17.1. The molecule has 0 heterocycles. The summed E-state index contributed by atoms with van der Waals surface area (Å²) < 4.78 is 4.99. The molecule has 0 bridgehead atoms. The summed E-state index contributed by atoms with van der Waals surface area (Å²) in [5, 5.41) is 2.90. The minimum Gasteiger partial charge on any atom is -0.383 e. The summed E-state index contributed by atoms with van der Waals surface area (Å²) in [6.45, 7) is 6.23. The third-order valence-corrected chi connectivity index (χ3v) is 2.41. The van der Waals surface area contributed by atoms with E-state index in [0.29, 0.717) is 6.61 Å². The second kappa shape index (κ2) is 8.95. The van der Waals surface area contributed by atoms with E-state index in [-0.39, 0.29) is 36.3 Å². The molecular formula is C10H23ClN2O2. The number of carbonyl (C=O) groups is 1. The van der Waals surface area contributed by atoms with Gasteiger partial charge in [0.2, 0.25) is 5.91 Å². The molecule has 0 aromatic rings. The number of amides is 1. The van der Waals surface area contributed by atoms with Crippen LogP contribution in [0, 0.1) is 5.92 Å². The van der Waals surface area contributed by atoms with Gasteiger partial charge >= 0.3 is 0 Å². The molecule has 0 aromatic carbocycles. The number of nitrogens with two attached hydrogens (primary N) is 1. The fourth-order valence-corrected chi connectivity index (χ4v) is 1.03. The average Bonchev–Trinajstić information content (AvgIpc) is 2.15. The predicted octanol–water partition coefficient (Wildman–Crippen LogP) is 0.933. The van der Waals surface area contributed by atoms with E-state index in [2.05, 4.69) is 5.32 Å². The smallest absolute Gasteiger partial charge is 0.224 e. The fraction of sp³-hybridized carbons (Fsp3) is 0.900. The summed E-state index contributed by atoms with van der Waals surface area (Å²) in [4.78, 5) is 11.6. The first-order valence-electron chi connectivity index (χ1n) is 5.07. The second-order valence-corrected chi connectivity index (χ2v) is 3.72. The van der Waals surface area contributed by atoms with Crippen molar-refractivity contribution in [2.75, 3.05) is 13.7 Å². The highest BCUT2D eigenvalue weighted by Crippen LogP contribution is 2.01. The molecule has 3 unspecified atom stereocenters. The van der Waals surface area contributed by atoms with Crippen LogP contribution in [-0.4, -0.2) is 31.7 Å². The van der Waals surface area contributed by atoms with Gasteiger partial charge in [0, 0.05) is 19.1 Å². The second-order valence-electron chi connectivity index (χ2n) is 3.72. The zero-order valence-corrected chi connectivity index (χ0v) is 10.8. The van der Waals surface area contributed by atoms with Crippen LogP contribution < -0.4 is 11.1 Å². The molecule has 0 spiro atoms. The Bertz CT molecular complexity index is 177. The molecule has 92 valence electrons. The van der Waals surface area contributed by atoms with Crippen molar-refractivity contribution in [3.63, 3.8) is 0 Å². The van der Waals surface area contributed by atoms with Crippen LogP contribution in [0.25, 0.3) is 0 Å². The Morgan fingerprint density at radius 1 is 1.47 bits per heavy atom. The van der Waals surface area contributed by atoms with Gasteiger partial charge in [0.1, 0.15) is 0 Å². The Morgan fingerprint density at radius 2 is 2.00 bits per heavy atom. The summed E-state index contributed by atoms with van der Waals surface area (Å²) in [5.41, 5.74) is 5.64. The molecule has 5 heteroatoms. The lowest BCUT2D eigenvalue weighted by atomic mass is 10.0. The Kier molecular flexibility index (Phi) is 10.2. The number of carbonyl (C=O) groups excluding carboxylic acids is 1. The van der Waals surface area contributed by atoms with Gasteiger partial charge in [-0.1, -0.05) is 13.8 Å². The van der Waals surface area contributed by atoms with Gasteiger partial charge in [-0.2, -0.15) is 0 Å². The van der Waals surface area contributed by atoms with Gasteiger partial charge in [0.25, 0.3) is 0 Å². The number of hydrogen-bond donors (Lipinski definition) is 2. The van der Waals surface area contributed by atoms with Crippen molar-refractivity contribution in [2.24, 2.45) is 11.7 Å². The monoisotopic (exact) mass is 238 g/mol. The molecule has 0 aliphatic carbocycles. The molecule has 0 rings (SSSR count). The van der Waals surface area contributed by atoms with E-state index < -0.39 is 0 Å². The third kappa shape index (κ3) is 6.71. The van der Waals surface area contributed by atoms with Crippen molar-refractivity contribution in [1.29, 1.82) is 0 Å². The lowest BCUT2D eigenvalue weighted by Gasteiger charge is -2.20. The van der Waals surface area contributed by atoms with Gasteiger partial charge in [-0.15, -0.1) is 12.4 Å². The maximum atomic E-state index is 11.6. The van der Waals surface area contributed by atoms with E-state index >= 15 is 0 Å². The first-order valence-corrected chi connectivity index (χ1v) is 5.07. The summed E-state index contributed by atoms with van der Waals surface area (Å²) in [6.07, 6.45) is 0.866. The van der Waals surface area contributed by atoms with E-state index in [1.54, 1.807) is 7.11 Å². The lowest BCUT2D eigenvalue weighted by Crippen LogP contribution is -2.44. The standard InChI is InChI=1S/C10H22N2O2.ClH/c1-5-9(6-14-4)12-10(13)7(2)8(3)11;/h7-9H,5-6,11H2,1-4H3,(H,12,13);1H. The van der Waals surface area contributed by atoms with Gasteiger partial charge in [0.05, 0.1) is 12.6 Å². The third-order valence-electron chi connectivity index (χ3n) is 2.41. The van der Waals surface area contributed by atoms with Crippen molar-refractivity contribution >= 4 is 18.3 Å². The highest BCUT2D eigenvalue weighted by molar-refractivity contribution is 5.85. The number of halogens is 1. The van der Waals surface area contributed by atoms with Crippen LogP contribution in [0.4, 0.5) is 0 Å². The van der Waals surface area contributed by atoms with Gasteiger partial charge in [0.15, 0.2) is 0 Å². The average molecular weight is 239 g/mol. The molecule has 0 aromatic heterocycles. The maximum Gasteiger partial charge on any atom is 0.224 e. The zero-order chi connectivity index (χ0) is 11.1. The highest BCUT2D eigenvalue weighted by atomic mass is 35.5. The van der Waals surface area contributed by atoms with Crippen molar-refractivity contribution in [1.82, 2.24) is 5.32 Å². The largest absolute Gasteiger partial charge is 0.383 e. The van der Waals surface area contributed by atoms with E-state index in [0.717, 1.165) is 6.42 Å². The lowest BCUT2D eigenvalue weighted by molar-refractivity contribution is -0.126. The molecule has 0 aliphatic heterocycles. The molecular weight excluding hydrogens is 216 g/mol. The van der Waals surface area contributed by atoms with Crippen molar-refractivity contribution in [2.45, 2.75) is 39.3 Å². The van der Waals surface area contributed by atoms with E-state index in [9.17, 15) is 4.79 Å². The molecule has 15 heavy (non-hydrogen) atoms. The van der Waals surface area contributed by atoms with Gasteiger partial charge < -0.3 is 15.8 Å². The minimum absolute atomic E-state index is 0. The minimum atomic E-state index is -0.152. The Morgan fingerprint density at radius 3 is 2.33 bits per heavy atom. The summed E-state index contributed by atoms with van der Waals surface area (Å²) in [7, 11) is 1.63. The Balaban J connectivity index is 0. The number of hydrogen-bond acceptors (Lipinski definition) is 3. The zero-order valence-electron chi connectivity index (χ0n) is 9.95. The highest BCUT2D eigenvalue weighted by Gasteiger charge is 2.19. The molecule has 3 atom stereocenters. The molecule has 3 N–H and O–H groups in total. The van der Waals surface area contributed by atoms with Gasteiger partial charge in [-0.05, 0) is 13.3 Å². The topological polar surface area (TPSA) is 64.3 Å². The number of methoxy groups -OCH3 is 1. The van der Waals surface area contributed by atoms with Crippen molar-refractivity contribution < 1.29 is 9.53 Å². The summed E-state index contributed by atoms with van der Waals surface area (Å²) in [6, 6.07) is -0.0243. The number of rotatable bonds is 6. The van der Waals surface area contributed by atoms with Gasteiger partial charge in [-0.3, -0.25) is 4.79 Å². The van der Waals surface area contributed by atoms with E-state index in [1.165, 1.54) is 0 Å². The number of ether oxygens (including phenoxy) is 1. The van der Waals surface area contributed by atoms with E-state index in [1.807, 2.05) is 20.8 Å². The molecule has 0 saturated heterocycles. The normalized spacial score (nSPS) is 16.1. The number of nitrogens with one attached hydrogen (secondary N) is 1. The van der Waals surface area contributed by atoms with Crippen LogP contribution in [-0.2, 0) is 9.53 Å². The van der Waals surface area contributed by atoms with Crippen molar-refractivity contribution in [3.05, 3.63) is 0 Å². The SMILES string of the molecule is CCC(COC)NC(=O)C(C)C(C)N.Cl. The van der Waals surface area contributed by atoms with Crippen LogP contribution in [0.2, 0.25) is 0 Å². The predicted molar refractivity (Wildman–Crippen MR) is 64.2 cm³/mol. The van der Waals surface area contributed by atoms with Crippen LogP contribution >= 0.6 is 12.4 Å². The molecule has 0 radical (unpaired) electrons. The quantitative estimate of drug-likeness (QED) is 0.724. The summed E-state index contributed by atoms with van der Waals surface area (Å²) >= 11 is 0. The van der Waals surface area contributed by atoms with Crippen molar-refractivity contribution in [3.8, 4) is 0 Å².